The topological polar surface area (TPSA) is 38.3 Å². The fraction of sp³-hybridized carbons (Fsp3) is 0.417. The van der Waals surface area contributed by atoms with Crippen molar-refractivity contribution in [3.8, 4) is 0 Å². The minimum absolute atomic E-state index is 0.144. The lowest BCUT2D eigenvalue weighted by Gasteiger charge is -2.34. The third-order valence-electron chi connectivity index (χ3n) is 2.94. The van der Waals surface area contributed by atoms with E-state index in [0.29, 0.717) is 9.13 Å². The van der Waals surface area contributed by atoms with Gasteiger partial charge in [0.2, 0.25) is 0 Å². The van der Waals surface area contributed by atoms with Crippen molar-refractivity contribution < 1.29 is 13.9 Å². The highest BCUT2D eigenvalue weighted by Crippen LogP contribution is 2.23. The van der Waals surface area contributed by atoms with E-state index in [-0.39, 0.29) is 23.9 Å². The van der Waals surface area contributed by atoms with Crippen molar-refractivity contribution >= 4 is 28.5 Å². The standard InChI is InChI=1S/C12H13FINO2/c1-17-9-5-8(6-9)15-12(16)10-3-2-7(13)4-11(10)14/h2-4,8-9H,5-6H2,1H3,(H,15,16). The van der Waals surface area contributed by atoms with Crippen LogP contribution in [0.25, 0.3) is 0 Å². The molecule has 1 aromatic carbocycles. The molecule has 1 N–H and O–H groups in total. The van der Waals surface area contributed by atoms with Gasteiger partial charge in [-0.05, 0) is 53.6 Å². The van der Waals surface area contributed by atoms with Gasteiger partial charge in [0.25, 0.3) is 5.91 Å². The first-order chi connectivity index (χ1) is 8.10. The van der Waals surface area contributed by atoms with E-state index < -0.39 is 0 Å². The minimum atomic E-state index is -0.325. The van der Waals surface area contributed by atoms with Crippen molar-refractivity contribution in [1.29, 1.82) is 0 Å². The Morgan fingerprint density at radius 3 is 2.82 bits per heavy atom. The van der Waals surface area contributed by atoms with Crippen LogP contribution in [0.3, 0.4) is 0 Å². The fourth-order valence-corrected chi connectivity index (χ4v) is 2.53. The maximum Gasteiger partial charge on any atom is 0.252 e. The molecule has 2 rings (SSSR count). The van der Waals surface area contributed by atoms with Crippen molar-refractivity contribution in [1.82, 2.24) is 5.32 Å². The second-order valence-corrected chi connectivity index (χ2v) is 5.29. The molecule has 3 nitrogen and oxygen atoms in total. The van der Waals surface area contributed by atoms with Crippen molar-refractivity contribution in [3.05, 3.63) is 33.1 Å². The van der Waals surface area contributed by atoms with Crippen molar-refractivity contribution in [2.24, 2.45) is 0 Å². The third kappa shape index (κ3) is 2.95. The lowest BCUT2D eigenvalue weighted by atomic mass is 9.89. The Kier molecular flexibility index (Phi) is 3.98. The van der Waals surface area contributed by atoms with Gasteiger partial charge in [0.15, 0.2) is 0 Å². The zero-order chi connectivity index (χ0) is 12.4. The summed E-state index contributed by atoms with van der Waals surface area (Å²) in [5.74, 6) is -0.469. The number of hydrogen-bond donors (Lipinski definition) is 1. The van der Waals surface area contributed by atoms with E-state index in [4.69, 9.17) is 4.74 Å². The molecular formula is C12H13FINO2. The number of nitrogens with one attached hydrogen (secondary N) is 1. The molecule has 1 aliphatic carbocycles. The molecule has 5 heteroatoms. The van der Waals surface area contributed by atoms with Crippen LogP contribution in [0.1, 0.15) is 23.2 Å². The van der Waals surface area contributed by atoms with Gasteiger partial charge in [0, 0.05) is 16.7 Å². The van der Waals surface area contributed by atoms with Gasteiger partial charge in [0.05, 0.1) is 11.7 Å². The van der Waals surface area contributed by atoms with E-state index in [9.17, 15) is 9.18 Å². The van der Waals surface area contributed by atoms with E-state index >= 15 is 0 Å². The van der Waals surface area contributed by atoms with Crippen molar-refractivity contribution in [2.75, 3.05) is 7.11 Å². The van der Waals surface area contributed by atoms with Gasteiger partial charge in [-0.1, -0.05) is 0 Å². The highest BCUT2D eigenvalue weighted by Gasteiger charge is 2.30. The van der Waals surface area contributed by atoms with Gasteiger partial charge in [-0.2, -0.15) is 0 Å². The fourth-order valence-electron chi connectivity index (χ4n) is 1.81. The summed E-state index contributed by atoms with van der Waals surface area (Å²) in [6.07, 6.45) is 1.95. The second kappa shape index (κ2) is 5.30. The number of amides is 1. The Balaban J connectivity index is 1.96. The Labute approximate surface area is 113 Å². The summed E-state index contributed by atoms with van der Waals surface area (Å²) in [6, 6.07) is 4.34. The van der Waals surface area contributed by atoms with Crippen molar-refractivity contribution in [2.45, 2.75) is 25.0 Å². The van der Waals surface area contributed by atoms with E-state index in [1.807, 2.05) is 22.6 Å². The first-order valence-electron chi connectivity index (χ1n) is 5.39. The van der Waals surface area contributed by atoms with E-state index in [0.717, 1.165) is 12.8 Å². The predicted octanol–water partition coefficient (Wildman–Crippen LogP) is 2.34. The summed E-state index contributed by atoms with van der Waals surface area (Å²) >= 11 is 1.96. The lowest BCUT2D eigenvalue weighted by Crippen LogP contribution is -2.47. The van der Waals surface area contributed by atoms with Gasteiger partial charge < -0.3 is 10.1 Å². The van der Waals surface area contributed by atoms with Crippen LogP contribution >= 0.6 is 22.6 Å². The van der Waals surface area contributed by atoms with Crippen LogP contribution in [0.15, 0.2) is 18.2 Å². The SMILES string of the molecule is COC1CC(NC(=O)c2ccc(F)cc2I)C1. The van der Waals surface area contributed by atoms with Crippen LogP contribution in [0.5, 0.6) is 0 Å². The number of halogens is 2. The maximum absolute atomic E-state index is 12.9. The second-order valence-electron chi connectivity index (χ2n) is 4.12. The molecule has 0 atom stereocenters. The number of methoxy groups -OCH3 is 1. The zero-order valence-corrected chi connectivity index (χ0v) is 11.5. The largest absolute Gasteiger partial charge is 0.381 e. The minimum Gasteiger partial charge on any atom is -0.381 e. The summed E-state index contributed by atoms with van der Waals surface area (Å²) in [4.78, 5) is 11.9. The van der Waals surface area contributed by atoms with Crippen LogP contribution in [0.4, 0.5) is 4.39 Å². The molecule has 0 heterocycles. The maximum atomic E-state index is 12.9. The Bertz CT molecular complexity index is 433. The predicted molar refractivity (Wildman–Crippen MR) is 70.4 cm³/mol. The quantitative estimate of drug-likeness (QED) is 0.851. The molecule has 0 unspecified atom stereocenters. The molecule has 1 saturated carbocycles. The van der Waals surface area contributed by atoms with Crippen LogP contribution in [-0.4, -0.2) is 25.2 Å². The zero-order valence-electron chi connectivity index (χ0n) is 9.37. The normalized spacial score (nSPS) is 23.0. The molecule has 0 spiro atoms. The Hall–Kier alpha value is -0.690. The summed E-state index contributed by atoms with van der Waals surface area (Å²) in [5, 5.41) is 2.91. The molecule has 1 amide bonds. The first kappa shape index (κ1) is 12.8. The van der Waals surface area contributed by atoms with Gasteiger partial charge in [-0.25, -0.2) is 4.39 Å². The molecule has 0 saturated heterocycles. The molecule has 0 radical (unpaired) electrons. The highest BCUT2D eigenvalue weighted by molar-refractivity contribution is 14.1. The summed E-state index contributed by atoms with van der Waals surface area (Å²) in [5.41, 5.74) is 0.521. The number of hydrogen-bond acceptors (Lipinski definition) is 2. The molecule has 17 heavy (non-hydrogen) atoms. The van der Waals surface area contributed by atoms with Gasteiger partial charge >= 0.3 is 0 Å². The van der Waals surface area contributed by atoms with Crippen LogP contribution in [0, 0.1) is 9.39 Å². The van der Waals surface area contributed by atoms with Crippen molar-refractivity contribution in [3.63, 3.8) is 0 Å². The molecule has 1 fully saturated rings. The number of rotatable bonds is 3. The number of carbonyl (C=O) groups is 1. The van der Waals surface area contributed by atoms with Gasteiger partial charge in [-0.15, -0.1) is 0 Å². The molecule has 0 aromatic heterocycles. The number of benzene rings is 1. The highest BCUT2D eigenvalue weighted by atomic mass is 127. The molecule has 0 bridgehead atoms. The van der Waals surface area contributed by atoms with Gasteiger partial charge in [-0.3, -0.25) is 4.79 Å². The molecular weight excluding hydrogens is 336 g/mol. The summed E-state index contributed by atoms with van der Waals surface area (Å²) < 4.78 is 18.7. The summed E-state index contributed by atoms with van der Waals surface area (Å²) in [7, 11) is 1.67. The van der Waals surface area contributed by atoms with E-state index in [1.54, 1.807) is 7.11 Å². The molecule has 0 aliphatic heterocycles. The van der Waals surface area contributed by atoms with Crippen LogP contribution in [0.2, 0.25) is 0 Å². The third-order valence-corrected chi connectivity index (χ3v) is 3.83. The monoisotopic (exact) mass is 349 g/mol. The first-order valence-corrected chi connectivity index (χ1v) is 6.46. The number of ether oxygens (including phenoxy) is 1. The summed E-state index contributed by atoms with van der Waals surface area (Å²) in [6.45, 7) is 0. The average Bonchev–Trinajstić information content (AvgIpc) is 2.22. The Morgan fingerprint density at radius 2 is 2.24 bits per heavy atom. The van der Waals surface area contributed by atoms with E-state index in [1.165, 1.54) is 18.2 Å². The Morgan fingerprint density at radius 1 is 1.53 bits per heavy atom. The lowest BCUT2D eigenvalue weighted by molar-refractivity contribution is 0.0176. The van der Waals surface area contributed by atoms with Crippen LogP contribution < -0.4 is 5.32 Å². The van der Waals surface area contributed by atoms with Gasteiger partial charge in [0.1, 0.15) is 5.82 Å². The molecule has 1 aliphatic rings. The number of carbonyl (C=O) groups excluding carboxylic acids is 1. The smallest absolute Gasteiger partial charge is 0.252 e. The molecule has 1 aromatic rings. The molecule has 92 valence electrons. The van der Waals surface area contributed by atoms with E-state index in [2.05, 4.69) is 5.32 Å². The average molecular weight is 349 g/mol. The van der Waals surface area contributed by atoms with Crippen LogP contribution in [-0.2, 0) is 4.74 Å².